The van der Waals surface area contributed by atoms with Crippen LogP contribution in [0, 0.1) is 0 Å². The standard InChI is InChI=1S/C18H22N2O5/c1-4-6-9-20-16(22)13-8-7-12(10-14(13)17(20)23)18(24)25-11(3)15(21)19-5-2/h7-8,10-11H,4-6,9H2,1-3H3,(H,19,21)/t11-/m1/s1. The van der Waals surface area contributed by atoms with Crippen molar-refractivity contribution in [2.45, 2.75) is 39.7 Å². The van der Waals surface area contributed by atoms with Crippen LogP contribution in [0.15, 0.2) is 18.2 Å². The quantitative estimate of drug-likeness (QED) is 0.600. The molecule has 1 aromatic carbocycles. The van der Waals surface area contributed by atoms with Gasteiger partial charge in [-0.3, -0.25) is 19.3 Å². The van der Waals surface area contributed by atoms with Crippen LogP contribution in [-0.4, -0.2) is 47.8 Å². The zero-order valence-corrected chi connectivity index (χ0v) is 14.6. The topological polar surface area (TPSA) is 92.8 Å². The molecule has 1 aromatic rings. The smallest absolute Gasteiger partial charge is 0.338 e. The number of carbonyl (C=O) groups is 4. The number of carbonyl (C=O) groups excluding carboxylic acids is 4. The third-order valence-corrected chi connectivity index (χ3v) is 3.95. The lowest BCUT2D eigenvalue weighted by Crippen LogP contribution is -2.35. The second kappa shape index (κ2) is 7.92. The van der Waals surface area contributed by atoms with Gasteiger partial charge in [0.25, 0.3) is 17.7 Å². The number of esters is 1. The first-order valence-electron chi connectivity index (χ1n) is 8.39. The molecule has 1 N–H and O–H groups in total. The van der Waals surface area contributed by atoms with Crippen molar-refractivity contribution in [2.75, 3.05) is 13.1 Å². The molecule has 2 rings (SSSR count). The Labute approximate surface area is 146 Å². The largest absolute Gasteiger partial charge is 0.449 e. The van der Waals surface area contributed by atoms with Crippen molar-refractivity contribution >= 4 is 23.7 Å². The van der Waals surface area contributed by atoms with Gasteiger partial charge in [-0.1, -0.05) is 13.3 Å². The summed E-state index contributed by atoms with van der Waals surface area (Å²) in [5.74, 6) is -1.85. The molecule has 0 saturated carbocycles. The van der Waals surface area contributed by atoms with Crippen LogP contribution in [0.1, 0.15) is 64.7 Å². The van der Waals surface area contributed by atoms with Crippen molar-refractivity contribution < 1.29 is 23.9 Å². The third kappa shape index (κ3) is 3.87. The molecular weight excluding hydrogens is 324 g/mol. The minimum Gasteiger partial charge on any atom is -0.449 e. The van der Waals surface area contributed by atoms with Crippen molar-refractivity contribution in [3.05, 3.63) is 34.9 Å². The molecule has 1 atom stereocenters. The summed E-state index contributed by atoms with van der Waals surface area (Å²) in [6.45, 7) is 6.00. The molecule has 0 unspecified atom stereocenters. The lowest BCUT2D eigenvalue weighted by molar-refractivity contribution is -0.128. The van der Waals surface area contributed by atoms with Crippen molar-refractivity contribution in [2.24, 2.45) is 0 Å². The van der Waals surface area contributed by atoms with E-state index in [-0.39, 0.29) is 22.6 Å². The number of rotatable bonds is 7. The molecule has 0 radical (unpaired) electrons. The molecule has 7 heteroatoms. The molecule has 1 aliphatic heterocycles. The molecule has 25 heavy (non-hydrogen) atoms. The maximum atomic E-state index is 12.4. The predicted octanol–water partition coefficient (Wildman–Crippen LogP) is 1.76. The van der Waals surface area contributed by atoms with Gasteiger partial charge >= 0.3 is 5.97 Å². The summed E-state index contributed by atoms with van der Waals surface area (Å²) in [5.41, 5.74) is 0.615. The Morgan fingerprint density at radius 3 is 2.48 bits per heavy atom. The van der Waals surface area contributed by atoms with E-state index in [1.54, 1.807) is 6.92 Å². The highest BCUT2D eigenvalue weighted by atomic mass is 16.5. The molecule has 0 saturated heterocycles. The minimum absolute atomic E-state index is 0.133. The van der Waals surface area contributed by atoms with Gasteiger partial charge in [0.1, 0.15) is 0 Å². The summed E-state index contributed by atoms with van der Waals surface area (Å²) >= 11 is 0. The third-order valence-electron chi connectivity index (χ3n) is 3.95. The van der Waals surface area contributed by atoms with Gasteiger partial charge in [-0.05, 0) is 38.5 Å². The van der Waals surface area contributed by atoms with E-state index in [0.29, 0.717) is 13.1 Å². The maximum absolute atomic E-state index is 12.4. The Balaban J connectivity index is 2.16. The molecule has 1 aliphatic rings. The molecule has 0 aromatic heterocycles. The van der Waals surface area contributed by atoms with Crippen LogP contribution in [-0.2, 0) is 9.53 Å². The van der Waals surface area contributed by atoms with E-state index >= 15 is 0 Å². The van der Waals surface area contributed by atoms with Crippen LogP contribution in [0.4, 0.5) is 0 Å². The summed E-state index contributed by atoms with van der Waals surface area (Å²) in [5, 5.41) is 2.56. The first-order chi connectivity index (χ1) is 11.9. The predicted molar refractivity (Wildman–Crippen MR) is 90.3 cm³/mol. The van der Waals surface area contributed by atoms with Crippen LogP contribution >= 0.6 is 0 Å². The normalized spacial score (nSPS) is 14.3. The highest BCUT2D eigenvalue weighted by Crippen LogP contribution is 2.24. The van der Waals surface area contributed by atoms with Crippen LogP contribution in [0.3, 0.4) is 0 Å². The highest BCUT2D eigenvalue weighted by Gasteiger charge is 2.35. The number of imide groups is 1. The van der Waals surface area contributed by atoms with Gasteiger partial charge in [0.05, 0.1) is 16.7 Å². The fourth-order valence-electron chi connectivity index (χ4n) is 2.54. The summed E-state index contributed by atoms with van der Waals surface area (Å²) in [4.78, 5) is 49.7. The van der Waals surface area contributed by atoms with E-state index in [0.717, 1.165) is 12.8 Å². The number of nitrogens with zero attached hydrogens (tertiary/aromatic N) is 1. The average molecular weight is 346 g/mol. The second-order valence-electron chi connectivity index (χ2n) is 5.82. The number of hydrogen-bond donors (Lipinski definition) is 1. The van der Waals surface area contributed by atoms with Crippen LogP contribution < -0.4 is 5.32 Å². The second-order valence-corrected chi connectivity index (χ2v) is 5.82. The Morgan fingerprint density at radius 1 is 1.16 bits per heavy atom. The number of amides is 3. The summed E-state index contributed by atoms with van der Waals surface area (Å²) in [7, 11) is 0. The first kappa shape index (κ1) is 18.6. The number of unbranched alkanes of at least 4 members (excludes halogenated alkanes) is 1. The lowest BCUT2D eigenvalue weighted by atomic mass is 10.1. The van der Waals surface area contributed by atoms with Gasteiger partial charge in [-0.25, -0.2) is 4.79 Å². The van der Waals surface area contributed by atoms with E-state index < -0.39 is 23.9 Å². The van der Waals surface area contributed by atoms with Crippen molar-refractivity contribution in [3.63, 3.8) is 0 Å². The molecule has 1 heterocycles. The SMILES string of the molecule is CCCCN1C(=O)c2ccc(C(=O)O[C@H](C)C(=O)NCC)cc2C1=O. The van der Waals surface area contributed by atoms with Crippen molar-refractivity contribution in [3.8, 4) is 0 Å². The summed E-state index contributed by atoms with van der Waals surface area (Å²) in [6.07, 6.45) is 0.645. The summed E-state index contributed by atoms with van der Waals surface area (Å²) in [6, 6.07) is 4.24. The van der Waals surface area contributed by atoms with Gasteiger partial charge in [0.2, 0.25) is 0 Å². The highest BCUT2D eigenvalue weighted by molar-refractivity contribution is 6.22. The fourth-order valence-corrected chi connectivity index (χ4v) is 2.54. The Kier molecular flexibility index (Phi) is 5.90. The minimum atomic E-state index is -0.945. The van der Waals surface area contributed by atoms with E-state index in [4.69, 9.17) is 4.74 Å². The first-order valence-corrected chi connectivity index (χ1v) is 8.39. The number of ether oxygens (including phenoxy) is 1. The van der Waals surface area contributed by atoms with E-state index in [2.05, 4.69) is 5.32 Å². The Hall–Kier alpha value is -2.70. The van der Waals surface area contributed by atoms with Gasteiger partial charge in [0, 0.05) is 13.1 Å². The Bertz CT molecular complexity index is 713. The van der Waals surface area contributed by atoms with Gasteiger partial charge in [0.15, 0.2) is 6.10 Å². The molecule has 134 valence electrons. The zero-order chi connectivity index (χ0) is 18.6. The maximum Gasteiger partial charge on any atom is 0.338 e. The van der Waals surface area contributed by atoms with E-state index in [1.807, 2.05) is 6.92 Å². The number of likely N-dealkylation sites (N-methyl/N-ethyl adjacent to an activating group) is 1. The van der Waals surface area contributed by atoms with E-state index in [1.165, 1.54) is 30.0 Å². The Morgan fingerprint density at radius 2 is 1.84 bits per heavy atom. The molecule has 0 bridgehead atoms. The summed E-state index contributed by atoms with van der Waals surface area (Å²) < 4.78 is 5.10. The zero-order valence-electron chi connectivity index (χ0n) is 14.6. The number of hydrogen-bond acceptors (Lipinski definition) is 5. The number of fused-ring (bicyclic) bond motifs is 1. The van der Waals surface area contributed by atoms with E-state index in [9.17, 15) is 19.2 Å². The van der Waals surface area contributed by atoms with Crippen LogP contribution in [0.2, 0.25) is 0 Å². The molecule has 0 aliphatic carbocycles. The van der Waals surface area contributed by atoms with Crippen molar-refractivity contribution in [1.29, 1.82) is 0 Å². The average Bonchev–Trinajstić information content (AvgIpc) is 2.83. The number of benzene rings is 1. The van der Waals surface area contributed by atoms with Crippen LogP contribution in [0.5, 0.6) is 0 Å². The van der Waals surface area contributed by atoms with Gasteiger partial charge in [-0.2, -0.15) is 0 Å². The molecule has 3 amide bonds. The lowest BCUT2D eigenvalue weighted by Gasteiger charge is -2.13. The fraction of sp³-hybridized carbons (Fsp3) is 0.444. The number of nitrogens with one attached hydrogen (secondary N) is 1. The van der Waals surface area contributed by atoms with Gasteiger partial charge < -0.3 is 10.1 Å². The monoisotopic (exact) mass is 346 g/mol. The molecular formula is C18H22N2O5. The van der Waals surface area contributed by atoms with Crippen molar-refractivity contribution in [1.82, 2.24) is 10.2 Å². The van der Waals surface area contributed by atoms with Gasteiger partial charge in [-0.15, -0.1) is 0 Å². The molecule has 0 spiro atoms. The van der Waals surface area contributed by atoms with Crippen LogP contribution in [0.25, 0.3) is 0 Å². The molecule has 7 nitrogen and oxygen atoms in total. The molecule has 0 fully saturated rings.